The summed E-state index contributed by atoms with van der Waals surface area (Å²) < 4.78 is 13.5. The standard InChI is InChI=1S/C12H12FN3O/c13-10(5-8-1-2-8)12(17)16-11-3-4-15-7-9(11)6-14/h3-4,7-8,10H,1-2,5H2,(H,15,16,17). The summed E-state index contributed by atoms with van der Waals surface area (Å²) in [5.41, 5.74) is 0.547. The third-order valence-corrected chi connectivity index (χ3v) is 2.72. The first-order chi connectivity index (χ1) is 8.20. The Kier molecular flexibility index (Phi) is 3.33. The van der Waals surface area contributed by atoms with Gasteiger partial charge in [0.05, 0.1) is 11.3 Å². The average Bonchev–Trinajstić information content (AvgIpc) is 3.13. The van der Waals surface area contributed by atoms with Gasteiger partial charge in [-0.3, -0.25) is 9.78 Å². The van der Waals surface area contributed by atoms with Crippen LogP contribution < -0.4 is 5.32 Å². The van der Waals surface area contributed by atoms with Crippen molar-refractivity contribution in [2.24, 2.45) is 5.92 Å². The van der Waals surface area contributed by atoms with Crippen LogP contribution in [0.4, 0.5) is 10.1 Å². The third-order valence-electron chi connectivity index (χ3n) is 2.72. The van der Waals surface area contributed by atoms with E-state index in [-0.39, 0.29) is 12.0 Å². The molecule has 0 spiro atoms. The second-order valence-electron chi connectivity index (χ2n) is 4.17. The molecule has 1 amide bonds. The van der Waals surface area contributed by atoms with Gasteiger partial charge in [-0.25, -0.2) is 4.39 Å². The molecule has 1 atom stereocenters. The highest BCUT2D eigenvalue weighted by Crippen LogP contribution is 2.34. The van der Waals surface area contributed by atoms with Gasteiger partial charge >= 0.3 is 0 Å². The van der Waals surface area contributed by atoms with E-state index in [0.29, 0.717) is 11.6 Å². The Morgan fingerprint density at radius 3 is 3.12 bits per heavy atom. The predicted octanol–water partition coefficient (Wildman–Crippen LogP) is 2.03. The van der Waals surface area contributed by atoms with Crippen molar-refractivity contribution in [3.63, 3.8) is 0 Å². The number of nitrogens with one attached hydrogen (secondary N) is 1. The maximum atomic E-state index is 13.5. The number of hydrogen-bond donors (Lipinski definition) is 1. The molecule has 1 aromatic heterocycles. The van der Waals surface area contributed by atoms with Crippen molar-refractivity contribution in [2.45, 2.75) is 25.4 Å². The van der Waals surface area contributed by atoms with E-state index in [4.69, 9.17) is 5.26 Å². The third kappa shape index (κ3) is 3.00. The molecule has 1 aliphatic carbocycles. The molecule has 0 radical (unpaired) electrons. The maximum absolute atomic E-state index is 13.5. The van der Waals surface area contributed by atoms with E-state index in [1.165, 1.54) is 18.5 Å². The van der Waals surface area contributed by atoms with Crippen molar-refractivity contribution >= 4 is 11.6 Å². The summed E-state index contributed by atoms with van der Waals surface area (Å²) in [5.74, 6) is -0.330. The Morgan fingerprint density at radius 1 is 1.71 bits per heavy atom. The molecule has 0 aromatic carbocycles. The molecular formula is C12H12FN3O. The summed E-state index contributed by atoms with van der Waals surface area (Å²) in [6, 6.07) is 3.38. The fourth-order valence-corrected chi connectivity index (χ4v) is 1.56. The Bertz CT molecular complexity index is 465. The number of pyridine rings is 1. The number of hydrogen-bond acceptors (Lipinski definition) is 3. The van der Waals surface area contributed by atoms with Crippen LogP contribution in [0.25, 0.3) is 0 Å². The van der Waals surface area contributed by atoms with Crippen molar-refractivity contribution < 1.29 is 9.18 Å². The second kappa shape index (κ2) is 4.91. The number of carbonyl (C=O) groups is 1. The molecule has 88 valence electrons. The molecule has 17 heavy (non-hydrogen) atoms. The zero-order chi connectivity index (χ0) is 12.3. The van der Waals surface area contributed by atoms with Gasteiger partial charge in [-0.15, -0.1) is 0 Å². The molecule has 1 fully saturated rings. The molecule has 1 unspecified atom stereocenters. The number of aromatic nitrogens is 1. The van der Waals surface area contributed by atoms with Gasteiger partial charge in [-0.1, -0.05) is 12.8 Å². The summed E-state index contributed by atoms with van der Waals surface area (Å²) in [4.78, 5) is 15.3. The zero-order valence-electron chi connectivity index (χ0n) is 9.19. The van der Waals surface area contributed by atoms with Gasteiger partial charge in [0.1, 0.15) is 6.07 Å². The SMILES string of the molecule is N#Cc1cnccc1NC(=O)C(F)CC1CC1. The van der Waals surface area contributed by atoms with Crippen LogP contribution in [0.1, 0.15) is 24.8 Å². The van der Waals surface area contributed by atoms with Crippen LogP contribution in [0, 0.1) is 17.2 Å². The van der Waals surface area contributed by atoms with Gasteiger partial charge in [0.15, 0.2) is 6.17 Å². The number of amides is 1. The number of rotatable bonds is 4. The maximum Gasteiger partial charge on any atom is 0.258 e. The molecule has 0 aliphatic heterocycles. The van der Waals surface area contributed by atoms with Crippen molar-refractivity contribution in [3.05, 3.63) is 24.0 Å². The zero-order valence-corrected chi connectivity index (χ0v) is 9.19. The fourth-order valence-electron chi connectivity index (χ4n) is 1.56. The molecule has 2 rings (SSSR count). The lowest BCUT2D eigenvalue weighted by Crippen LogP contribution is -2.25. The van der Waals surface area contributed by atoms with E-state index in [1.54, 1.807) is 0 Å². The number of carbonyl (C=O) groups excluding carboxylic acids is 1. The summed E-state index contributed by atoms with van der Waals surface area (Å²) >= 11 is 0. The molecule has 4 nitrogen and oxygen atoms in total. The van der Waals surface area contributed by atoms with Gasteiger partial charge in [0, 0.05) is 12.4 Å². The molecule has 1 heterocycles. The Hall–Kier alpha value is -1.96. The minimum atomic E-state index is -1.50. The number of nitriles is 1. The molecule has 0 saturated heterocycles. The number of alkyl halides is 1. The molecule has 5 heteroatoms. The molecular weight excluding hydrogens is 221 g/mol. The first-order valence-electron chi connectivity index (χ1n) is 5.49. The van der Waals surface area contributed by atoms with Crippen LogP contribution in [-0.4, -0.2) is 17.1 Å². The summed E-state index contributed by atoms with van der Waals surface area (Å²) in [6.45, 7) is 0. The normalized spacial score (nSPS) is 16.0. The molecule has 0 bridgehead atoms. The minimum absolute atomic E-state index is 0.236. The Balaban J connectivity index is 1.99. The lowest BCUT2D eigenvalue weighted by atomic mass is 10.2. The summed E-state index contributed by atoms with van der Waals surface area (Å²) in [7, 11) is 0. The topological polar surface area (TPSA) is 65.8 Å². The largest absolute Gasteiger partial charge is 0.322 e. The minimum Gasteiger partial charge on any atom is -0.322 e. The first kappa shape index (κ1) is 11.5. The van der Waals surface area contributed by atoms with E-state index in [2.05, 4.69) is 10.3 Å². The monoisotopic (exact) mass is 233 g/mol. The molecule has 1 aliphatic rings. The van der Waals surface area contributed by atoms with Crippen LogP contribution in [-0.2, 0) is 4.79 Å². The highest BCUT2D eigenvalue weighted by atomic mass is 19.1. The van der Waals surface area contributed by atoms with E-state index >= 15 is 0 Å². The van der Waals surface area contributed by atoms with Gasteiger partial charge in [-0.2, -0.15) is 5.26 Å². The number of anilines is 1. The van der Waals surface area contributed by atoms with Crippen LogP contribution in [0.5, 0.6) is 0 Å². The summed E-state index contributed by atoms with van der Waals surface area (Å²) in [5, 5.41) is 11.2. The first-order valence-corrected chi connectivity index (χ1v) is 5.49. The van der Waals surface area contributed by atoms with Crippen LogP contribution >= 0.6 is 0 Å². The highest BCUT2D eigenvalue weighted by molar-refractivity contribution is 5.95. The van der Waals surface area contributed by atoms with Crippen molar-refractivity contribution in [1.29, 1.82) is 5.26 Å². The van der Waals surface area contributed by atoms with E-state index < -0.39 is 12.1 Å². The second-order valence-corrected chi connectivity index (χ2v) is 4.17. The lowest BCUT2D eigenvalue weighted by molar-refractivity contribution is -0.121. The van der Waals surface area contributed by atoms with Gasteiger partial charge < -0.3 is 5.32 Å². The van der Waals surface area contributed by atoms with Crippen LogP contribution in [0.3, 0.4) is 0 Å². The van der Waals surface area contributed by atoms with Crippen LogP contribution in [0.15, 0.2) is 18.5 Å². The number of nitrogens with zero attached hydrogens (tertiary/aromatic N) is 2. The van der Waals surface area contributed by atoms with Crippen LogP contribution in [0.2, 0.25) is 0 Å². The molecule has 1 saturated carbocycles. The quantitative estimate of drug-likeness (QED) is 0.865. The van der Waals surface area contributed by atoms with Gasteiger partial charge in [0.25, 0.3) is 5.91 Å². The summed E-state index contributed by atoms with van der Waals surface area (Å²) in [6.07, 6.45) is 3.58. The highest BCUT2D eigenvalue weighted by Gasteiger charge is 2.29. The smallest absolute Gasteiger partial charge is 0.258 e. The molecule has 1 aromatic rings. The van der Waals surface area contributed by atoms with Crippen molar-refractivity contribution in [1.82, 2.24) is 4.98 Å². The number of halogens is 1. The Labute approximate surface area is 98.5 Å². The van der Waals surface area contributed by atoms with Gasteiger partial charge in [-0.05, 0) is 18.4 Å². The molecule has 1 N–H and O–H groups in total. The average molecular weight is 233 g/mol. The van der Waals surface area contributed by atoms with E-state index in [1.807, 2.05) is 6.07 Å². The van der Waals surface area contributed by atoms with Gasteiger partial charge in [0.2, 0.25) is 0 Å². The van der Waals surface area contributed by atoms with E-state index in [0.717, 1.165) is 12.8 Å². The fraction of sp³-hybridized carbons (Fsp3) is 0.417. The lowest BCUT2D eigenvalue weighted by Gasteiger charge is -2.09. The Morgan fingerprint density at radius 2 is 2.47 bits per heavy atom. The van der Waals surface area contributed by atoms with Crippen molar-refractivity contribution in [3.8, 4) is 6.07 Å². The van der Waals surface area contributed by atoms with E-state index in [9.17, 15) is 9.18 Å². The predicted molar refractivity (Wildman–Crippen MR) is 59.8 cm³/mol. The van der Waals surface area contributed by atoms with Crippen molar-refractivity contribution in [2.75, 3.05) is 5.32 Å².